The molecular formula is C15H21NO3. The Bertz CT molecular complexity index is 441. The van der Waals surface area contributed by atoms with Crippen molar-refractivity contribution in [1.82, 2.24) is 5.32 Å². The second-order valence-electron chi connectivity index (χ2n) is 4.26. The molecule has 0 saturated carbocycles. The number of carbonyl (C=O) groups is 1. The number of phenols is 1. The van der Waals surface area contributed by atoms with Crippen LogP contribution in [-0.4, -0.2) is 24.7 Å². The van der Waals surface area contributed by atoms with Crippen LogP contribution in [0.2, 0.25) is 0 Å². The first-order chi connectivity index (χ1) is 9.17. The lowest BCUT2D eigenvalue weighted by atomic mass is 10.2. The minimum Gasteiger partial charge on any atom is -0.504 e. The highest BCUT2D eigenvalue weighted by atomic mass is 16.5. The number of rotatable bonds is 7. The van der Waals surface area contributed by atoms with Gasteiger partial charge in [-0.3, -0.25) is 4.79 Å². The predicted molar refractivity (Wildman–Crippen MR) is 76.2 cm³/mol. The molecule has 0 aliphatic rings. The Hall–Kier alpha value is -1.97. The Kier molecular flexibility index (Phi) is 6.50. The van der Waals surface area contributed by atoms with Crippen LogP contribution in [0, 0.1) is 0 Å². The van der Waals surface area contributed by atoms with Crippen LogP contribution in [0.1, 0.15) is 31.7 Å². The van der Waals surface area contributed by atoms with Crippen LogP contribution in [0.3, 0.4) is 0 Å². The van der Waals surface area contributed by atoms with Gasteiger partial charge in [0.25, 0.3) is 0 Å². The van der Waals surface area contributed by atoms with E-state index in [9.17, 15) is 9.90 Å². The Balaban J connectivity index is 2.49. The van der Waals surface area contributed by atoms with Crippen LogP contribution in [0.4, 0.5) is 0 Å². The number of unbranched alkanes of at least 4 members (excludes halogenated alkanes) is 2. The van der Waals surface area contributed by atoms with E-state index < -0.39 is 0 Å². The molecule has 0 bridgehead atoms. The summed E-state index contributed by atoms with van der Waals surface area (Å²) < 4.78 is 5.00. The zero-order valence-corrected chi connectivity index (χ0v) is 11.5. The Morgan fingerprint density at radius 2 is 2.21 bits per heavy atom. The summed E-state index contributed by atoms with van der Waals surface area (Å²) >= 11 is 0. The Morgan fingerprint density at radius 3 is 2.89 bits per heavy atom. The van der Waals surface area contributed by atoms with E-state index in [1.54, 1.807) is 18.2 Å². The highest BCUT2D eigenvalue weighted by Gasteiger charge is 2.01. The molecule has 19 heavy (non-hydrogen) atoms. The molecule has 1 aromatic carbocycles. The van der Waals surface area contributed by atoms with Gasteiger partial charge in [0.15, 0.2) is 11.5 Å². The van der Waals surface area contributed by atoms with Crippen molar-refractivity contribution in [2.75, 3.05) is 13.7 Å². The van der Waals surface area contributed by atoms with E-state index in [0.717, 1.165) is 24.8 Å². The van der Waals surface area contributed by atoms with Crippen molar-refractivity contribution in [3.05, 3.63) is 29.8 Å². The van der Waals surface area contributed by atoms with Gasteiger partial charge < -0.3 is 15.2 Å². The van der Waals surface area contributed by atoms with Gasteiger partial charge in [-0.25, -0.2) is 0 Å². The molecule has 2 N–H and O–H groups in total. The fourth-order valence-corrected chi connectivity index (χ4v) is 1.62. The lowest BCUT2D eigenvalue weighted by Crippen LogP contribution is -2.21. The molecule has 0 aliphatic heterocycles. The molecule has 4 nitrogen and oxygen atoms in total. The first kappa shape index (κ1) is 15.1. The van der Waals surface area contributed by atoms with Crippen molar-refractivity contribution in [3.8, 4) is 11.5 Å². The standard InChI is InChI=1S/C15H21NO3/c1-3-4-5-10-16-15(18)9-7-12-6-8-13(17)14(11-12)19-2/h6-9,11,17H,3-5,10H2,1-2H3,(H,16,18). The van der Waals surface area contributed by atoms with Crippen LogP contribution in [0.5, 0.6) is 11.5 Å². The summed E-state index contributed by atoms with van der Waals surface area (Å²) in [5, 5.41) is 12.3. The summed E-state index contributed by atoms with van der Waals surface area (Å²) in [4.78, 5) is 11.5. The fraction of sp³-hybridized carbons (Fsp3) is 0.400. The summed E-state index contributed by atoms with van der Waals surface area (Å²) in [5.41, 5.74) is 0.804. The molecule has 4 heteroatoms. The van der Waals surface area contributed by atoms with E-state index in [4.69, 9.17) is 4.74 Å². The molecule has 0 unspecified atom stereocenters. The van der Waals surface area contributed by atoms with Crippen LogP contribution in [0.25, 0.3) is 6.08 Å². The fourth-order valence-electron chi connectivity index (χ4n) is 1.62. The monoisotopic (exact) mass is 263 g/mol. The van der Waals surface area contributed by atoms with Crippen LogP contribution in [0.15, 0.2) is 24.3 Å². The van der Waals surface area contributed by atoms with E-state index >= 15 is 0 Å². The largest absolute Gasteiger partial charge is 0.504 e. The second-order valence-corrected chi connectivity index (χ2v) is 4.26. The SMILES string of the molecule is CCCCCNC(=O)C=Cc1ccc(O)c(OC)c1. The third-order valence-corrected chi connectivity index (χ3v) is 2.71. The minimum atomic E-state index is -0.108. The van der Waals surface area contributed by atoms with Gasteiger partial charge in [-0.2, -0.15) is 0 Å². The molecule has 0 aliphatic carbocycles. The maximum atomic E-state index is 11.5. The topological polar surface area (TPSA) is 58.6 Å². The average molecular weight is 263 g/mol. The molecule has 1 aromatic rings. The van der Waals surface area contributed by atoms with E-state index in [-0.39, 0.29) is 11.7 Å². The highest BCUT2D eigenvalue weighted by molar-refractivity contribution is 5.91. The zero-order chi connectivity index (χ0) is 14.1. The third-order valence-electron chi connectivity index (χ3n) is 2.71. The van der Waals surface area contributed by atoms with Crippen molar-refractivity contribution < 1.29 is 14.6 Å². The second kappa shape index (κ2) is 8.19. The van der Waals surface area contributed by atoms with Crippen LogP contribution < -0.4 is 10.1 Å². The lowest BCUT2D eigenvalue weighted by molar-refractivity contribution is -0.116. The molecule has 0 atom stereocenters. The van der Waals surface area contributed by atoms with E-state index in [1.807, 2.05) is 0 Å². The van der Waals surface area contributed by atoms with Crippen molar-refractivity contribution in [1.29, 1.82) is 0 Å². The molecule has 0 radical (unpaired) electrons. The number of carbonyl (C=O) groups excluding carboxylic acids is 1. The first-order valence-electron chi connectivity index (χ1n) is 6.50. The van der Waals surface area contributed by atoms with Gasteiger partial charge >= 0.3 is 0 Å². The number of nitrogens with one attached hydrogen (secondary N) is 1. The molecule has 0 aromatic heterocycles. The molecule has 0 spiro atoms. The molecule has 104 valence electrons. The number of hydrogen-bond donors (Lipinski definition) is 2. The molecule has 0 saturated heterocycles. The van der Waals surface area contributed by atoms with Crippen LogP contribution in [-0.2, 0) is 4.79 Å². The maximum absolute atomic E-state index is 11.5. The van der Waals surface area contributed by atoms with Gasteiger partial charge in [0, 0.05) is 12.6 Å². The molecule has 1 rings (SSSR count). The van der Waals surface area contributed by atoms with Crippen molar-refractivity contribution in [2.45, 2.75) is 26.2 Å². The average Bonchev–Trinajstić information content (AvgIpc) is 2.42. The van der Waals surface area contributed by atoms with Gasteiger partial charge in [-0.15, -0.1) is 0 Å². The molecule has 0 heterocycles. The maximum Gasteiger partial charge on any atom is 0.243 e. The summed E-state index contributed by atoms with van der Waals surface area (Å²) in [6, 6.07) is 4.94. The van der Waals surface area contributed by atoms with Crippen LogP contribution >= 0.6 is 0 Å². The number of methoxy groups -OCH3 is 1. The number of ether oxygens (including phenoxy) is 1. The smallest absolute Gasteiger partial charge is 0.243 e. The number of amides is 1. The van der Waals surface area contributed by atoms with Crippen molar-refractivity contribution in [3.63, 3.8) is 0 Å². The minimum absolute atomic E-state index is 0.0867. The predicted octanol–water partition coefficient (Wildman–Crippen LogP) is 2.72. The lowest BCUT2D eigenvalue weighted by Gasteiger charge is -2.04. The summed E-state index contributed by atoms with van der Waals surface area (Å²) in [7, 11) is 1.49. The van der Waals surface area contributed by atoms with Gasteiger partial charge in [-0.05, 0) is 30.2 Å². The Morgan fingerprint density at radius 1 is 1.42 bits per heavy atom. The molecule has 1 amide bonds. The normalized spacial score (nSPS) is 10.6. The van der Waals surface area contributed by atoms with E-state index in [0.29, 0.717) is 12.3 Å². The number of hydrogen-bond acceptors (Lipinski definition) is 3. The zero-order valence-electron chi connectivity index (χ0n) is 11.5. The van der Waals surface area contributed by atoms with Gasteiger partial charge in [-0.1, -0.05) is 25.8 Å². The first-order valence-corrected chi connectivity index (χ1v) is 6.50. The van der Waals surface area contributed by atoms with Gasteiger partial charge in [0.05, 0.1) is 7.11 Å². The van der Waals surface area contributed by atoms with Gasteiger partial charge in [0.1, 0.15) is 0 Å². The summed E-state index contributed by atoms with van der Waals surface area (Å²) in [6.07, 6.45) is 6.44. The van der Waals surface area contributed by atoms with E-state index in [1.165, 1.54) is 19.3 Å². The quantitative estimate of drug-likeness (QED) is 0.587. The Labute approximate surface area is 114 Å². The molecular weight excluding hydrogens is 242 g/mol. The number of benzene rings is 1. The molecule has 0 fully saturated rings. The third kappa shape index (κ3) is 5.46. The van der Waals surface area contributed by atoms with Gasteiger partial charge in [0.2, 0.25) is 5.91 Å². The number of phenolic OH excluding ortho intramolecular Hbond substituents is 1. The van der Waals surface area contributed by atoms with Crippen molar-refractivity contribution >= 4 is 12.0 Å². The summed E-state index contributed by atoms with van der Waals surface area (Å²) in [5.74, 6) is 0.373. The summed E-state index contributed by atoms with van der Waals surface area (Å²) in [6.45, 7) is 2.83. The van der Waals surface area contributed by atoms with Crippen molar-refractivity contribution in [2.24, 2.45) is 0 Å². The van der Waals surface area contributed by atoms with E-state index in [2.05, 4.69) is 12.2 Å². The highest BCUT2D eigenvalue weighted by Crippen LogP contribution is 2.26. The number of aromatic hydroxyl groups is 1.